The number of hydrogen-bond donors (Lipinski definition) is 1. The number of ether oxygens (including phenoxy) is 1. The van der Waals surface area contributed by atoms with Gasteiger partial charge in [-0.3, -0.25) is 0 Å². The fourth-order valence-corrected chi connectivity index (χ4v) is 3.25. The van der Waals surface area contributed by atoms with Crippen molar-refractivity contribution in [2.45, 2.75) is 51.2 Å². The first-order valence-electron chi connectivity index (χ1n) is 6.83. The first-order valence-corrected chi connectivity index (χ1v) is 7.98. The second-order valence-electron chi connectivity index (χ2n) is 5.07. The molecule has 1 saturated carbocycles. The van der Waals surface area contributed by atoms with Gasteiger partial charge in [0.15, 0.2) is 0 Å². The Balaban J connectivity index is 1.73. The van der Waals surface area contributed by atoms with Crippen LogP contribution in [0.3, 0.4) is 0 Å². The molecule has 1 N–H and O–H groups in total. The Morgan fingerprint density at radius 3 is 2.94 bits per heavy atom. The first kappa shape index (κ1) is 12.7. The lowest BCUT2D eigenvalue weighted by Crippen LogP contribution is -2.45. The Bertz CT molecular complexity index is 190. The molecule has 0 bridgehead atoms. The minimum atomic E-state index is 0.462. The molecule has 0 amide bonds. The van der Waals surface area contributed by atoms with Crippen molar-refractivity contribution in [3.8, 4) is 0 Å². The molecule has 1 heterocycles. The Labute approximate surface area is 104 Å². The van der Waals surface area contributed by atoms with Gasteiger partial charge in [-0.1, -0.05) is 19.8 Å². The van der Waals surface area contributed by atoms with Crippen molar-refractivity contribution in [3.05, 3.63) is 0 Å². The van der Waals surface area contributed by atoms with E-state index in [1.807, 2.05) is 11.8 Å². The summed E-state index contributed by atoms with van der Waals surface area (Å²) in [5.74, 6) is 3.41. The quantitative estimate of drug-likeness (QED) is 0.743. The molecule has 1 saturated heterocycles. The van der Waals surface area contributed by atoms with Crippen LogP contribution in [0.2, 0.25) is 0 Å². The predicted molar refractivity (Wildman–Crippen MR) is 71.1 cm³/mol. The lowest BCUT2D eigenvalue weighted by molar-refractivity contribution is 0.0439. The molecule has 2 fully saturated rings. The van der Waals surface area contributed by atoms with Crippen LogP contribution in [0.25, 0.3) is 0 Å². The zero-order valence-electron chi connectivity index (χ0n) is 10.4. The van der Waals surface area contributed by atoms with Crippen molar-refractivity contribution in [2.24, 2.45) is 5.92 Å². The van der Waals surface area contributed by atoms with E-state index in [0.717, 1.165) is 19.1 Å². The maximum Gasteiger partial charge on any atom is 0.0818 e. The van der Waals surface area contributed by atoms with Gasteiger partial charge in [0.1, 0.15) is 0 Å². The van der Waals surface area contributed by atoms with Gasteiger partial charge in [-0.15, -0.1) is 0 Å². The Kier molecular flexibility index (Phi) is 5.46. The van der Waals surface area contributed by atoms with Crippen molar-refractivity contribution >= 4 is 11.8 Å². The molecule has 94 valence electrons. The van der Waals surface area contributed by atoms with Crippen molar-refractivity contribution in [3.63, 3.8) is 0 Å². The summed E-state index contributed by atoms with van der Waals surface area (Å²) in [6.07, 6.45) is 7.35. The lowest BCUT2D eigenvalue weighted by Gasteiger charge is -2.31. The SMILES string of the molecule is CCCNC(CCC1CC1)C1CSCCO1. The van der Waals surface area contributed by atoms with Gasteiger partial charge in [-0.2, -0.15) is 11.8 Å². The number of hydrogen-bond acceptors (Lipinski definition) is 3. The maximum atomic E-state index is 5.91. The lowest BCUT2D eigenvalue weighted by atomic mass is 10.0. The third-order valence-electron chi connectivity index (χ3n) is 3.53. The van der Waals surface area contributed by atoms with Crippen LogP contribution in [0.4, 0.5) is 0 Å². The van der Waals surface area contributed by atoms with Crippen LogP contribution < -0.4 is 5.32 Å². The van der Waals surface area contributed by atoms with Crippen molar-refractivity contribution < 1.29 is 4.74 Å². The van der Waals surface area contributed by atoms with E-state index in [2.05, 4.69) is 12.2 Å². The van der Waals surface area contributed by atoms with Crippen LogP contribution in [-0.4, -0.2) is 36.8 Å². The Morgan fingerprint density at radius 1 is 1.44 bits per heavy atom. The molecule has 1 aliphatic carbocycles. The van der Waals surface area contributed by atoms with Crippen LogP contribution in [0.15, 0.2) is 0 Å². The van der Waals surface area contributed by atoms with Crippen molar-refractivity contribution in [1.29, 1.82) is 0 Å². The number of nitrogens with one attached hydrogen (secondary N) is 1. The molecule has 2 nitrogen and oxygen atoms in total. The normalized spacial score (nSPS) is 27.9. The van der Waals surface area contributed by atoms with Crippen LogP contribution in [0, 0.1) is 5.92 Å². The Morgan fingerprint density at radius 2 is 2.31 bits per heavy atom. The summed E-state index contributed by atoms with van der Waals surface area (Å²) in [5.41, 5.74) is 0. The molecule has 2 rings (SSSR count). The second kappa shape index (κ2) is 6.87. The van der Waals surface area contributed by atoms with Crippen molar-refractivity contribution in [2.75, 3.05) is 24.7 Å². The summed E-state index contributed by atoms with van der Waals surface area (Å²) >= 11 is 2.05. The van der Waals surface area contributed by atoms with Gasteiger partial charge in [0.05, 0.1) is 12.7 Å². The average Bonchev–Trinajstić information content (AvgIpc) is 3.14. The number of thioether (sulfide) groups is 1. The molecule has 0 aromatic carbocycles. The van der Waals surface area contributed by atoms with E-state index in [-0.39, 0.29) is 0 Å². The van der Waals surface area contributed by atoms with E-state index in [9.17, 15) is 0 Å². The molecule has 2 atom stereocenters. The highest BCUT2D eigenvalue weighted by Crippen LogP contribution is 2.34. The van der Waals surface area contributed by atoms with Crippen LogP contribution in [0.1, 0.15) is 39.0 Å². The topological polar surface area (TPSA) is 21.3 Å². The third kappa shape index (κ3) is 4.27. The predicted octanol–water partition coefficient (Wildman–Crippen LogP) is 2.68. The molecule has 2 aliphatic rings. The fourth-order valence-electron chi connectivity index (χ4n) is 2.31. The molecule has 0 aromatic heterocycles. The molecule has 16 heavy (non-hydrogen) atoms. The number of rotatable bonds is 7. The van der Waals surface area contributed by atoms with E-state index >= 15 is 0 Å². The standard InChI is InChI=1S/C13H25NOS/c1-2-7-14-12(6-5-11-3-4-11)13-10-16-9-8-15-13/h11-14H,2-10H2,1H3. The zero-order valence-corrected chi connectivity index (χ0v) is 11.2. The van der Waals surface area contributed by atoms with Crippen molar-refractivity contribution in [1.82, 2.24) is 5.32 Å². The van der Waals surface area contributed by atoms with Gasteiger partial charge >= 0.3 is 0 Å². The smallest absolute Gasteiger partial charge is 0.0818 e. The van der Waals surface area contributed by atoms with E-state index < -0.39 is 0 Å². The minimum absolute atomic E-state index is 0.462. The average molecular weight is 243 g/mol. The highest BCUT2D eigenvalue weighted by atomic mass is 32.2. The fraction of sp³-hybridized carbons (Fsp3) is 1.00. The van der Waals surface area contributed by atoms with Gasteiger partial charge < -0.3 is 10.1 Å². The zero-order chi connectivity index (χ0) is 11.2. The van der Waals surface area contributed by atoms with Gasteiger partial charge in [0.25, 0.3) is 0 Å². The van der Waals surface area contributed by atoms with Gasteiger partial charge in [0, 0.05) is 17.5 Å². The van der Waals surface area contributed by atoms with Crippen LogP contribution in [-0.2, 0) is 4.74 Å². The monoisotopic (exact) mass is 243 g/mol. The molecular formula is C13H25NOS. The maximum absolute atomic E-state index is 5.91. The van der Waals surface area contributed by atoms with Gasteiger partial charge in [-0.05, 0) is 31.7 Å². The van der Waals surface area contributed by atoms with E-state index in [4.69, 9.17) is 4.74 Å². The summed E-state index contributed by atoms with van der Waals surface area (Å²) in [7, 11) is 0. The molecule has 0 radical (unpaired) electrons. The summed E-state index contributed by atoms with van der Waals surface area (Å²) in [5, 5.41) is 3.68. The summed E-state index contributed by atoms with van der Waals surface area (Å²) in [4.78, 5) is 0. The first-order chi connectivity index (χ1) is 7.90. The second-order valence-corrected chi connectivity index (χ2v) is 6.22. The molecule has 3 heteroatoms. The molecule has 0 aromatic rings. The largest absolute Gasteiger partial charge is 0.375 e. The van der Waals surface area contributed by atoms with E-state index in [0.29, 0.717) is 12.1 Å². The Hall–Kier alpha value is 0.270. The van der Waals surface area contributed by atoms with Gasteiger partial charge in [-0.25, -0.2) is 0 Å². The molecular weight excluding hydrogens is 218 g/mol. The molecule has 0 spiro atoms. The third-order valence-corrected chi connectivity index (χ3v) is 4.55. The molecule has 2 unspecified atom stereocenters. The highest BCUT2D eigenvalue weighted by molar-refractivity contribution is 7.99. The minimum Gasteiger partial charge on any atom is -0.375 e. The highest BCUT2D eigenvalue weighted by Gasteiger charge is 2.27. The van der Waals surface area contributed by atoms with Gasteiger partial charge in [0.2, 0.25) is 0 Å². The summed E-state index contributed by atoms with van der Waals surface area (Å²) in [6, 6.07) is 0.605. The summed E-state index contributed by atoms with van der Waals surface area (Å²) in [6.45, 7) is 4.32. The van der Waals surface area contributed by atoms with Crippen LogP contribution in [0.5, 0.6) is 0 Å². The van der Waals surface area contributed by atoms with E-state index in [1.54, 1.807) is 0 Å². The molecule has 1 aliphatic heterocycles. The van der Waals surface area contributed by atoms with E-state index in [1.165, 1.54) is 43.6 Å². The summed E-state index contributed by atoms with van der Waals surface area (Å²) < 4.78 is 5.91. The van der Waals surface area contributed by atoms with Crippen LogP contribution >= 0.6 is 11.8 Å².